The van der Waals surface area contributed by atoms with E-state index < -0.39 is 32.5 Å². The van der Waals surface area contributed by atoms with Crippen LogP contribution in [0.5, 0.6) is 0 Å². The van der Waals surface area contributed by atoms with Crippen molar-refractivity contribution < 1.29 is 42.1 Å². The van der Waals surface area contributed by atoms with Crippen LogP contribution in [0.4, 0.5) is 0 Å². The maximum absolute atomic E-state index is 12.6. The number of hydrogen-bond donors (Lipinski definition) is 0. The zero-order valence-corrected chi connectivity index (χ0v) is 36.6. The molecule has 0 aliphatic carbocycles. The van der Waals surface area contributed by atoms with Crippen molar-refractivity contribution in [2.75, 3.05) is 47.5 Å². The zero-order chi connectivity index (χ0) is 40.0. The maximum atomic E-state index is 12.6. The molecule has 0 aliphatic heterocycles. The summed E-state index contributed by atoms with van der Waals surface area (Å²) < 4.78 is 33.8. The number of nitrogens with zero attached hydrogens (tertiary/aromatic N) is 1. The van der Waals surface area contributed by atoms with Gasteiger partial charge in [0.1, 0.15) is 19.8 Å². The molecule has 0 fully saturated rings. The molecular weight excluding hydrogens is 701 g/mol. The highest BCUT2D eigenvalue weighted by molar-refractivity contribution is 7.45. The Morgan fingerprint density at radius 1 is 0.556 bits per heavy atom. The van der Waals surface area contributed by atoms with Crippen LogP contribution in [0.25, 0.3) is 0 Å². The standard InChI is InChI=1S/C44H84NO8P/c1-6-8-10-12-14-16-18-20-22-24-26-28-30-32-34-36-43(46)50-40-42(41-52-54(48,49)51-39-38-45(3,4)5)53-44(47)37-35-33-31-29-27-25-23-21-19-17-15-13-11-9-7-2/h16,18,31,33,42H,6-15,17,19-30,32,34-41H2,1-5H3/b18-16+,33-31+/t42-/m1/s1. The van der Waals surface area contributed by atoms with Gasteiger partial charge in [-0.1, -0.05) is 154 Å². The Balaban J connectivity index is 4.39. The molecular formula is C44H84NO8P. The van der Waals surface area contributed by atoms with Crippen molar-refractivity contribution in [3.63, 3.8) is 0 Å². The highest BCUT2D eigenvalue weighted by Gasteiger charge is 2.21. The average Bonchev–Trinajstić information content (AvgIpc) is 3.12. The van der Waals surface area contributed by atoms with Crippen molar-refractivity contribution in [1.82, 2.24) is 0 Å². The third-order valence-electron chi connectivity index (χ3n) is 9.46. The first-order chi connectivity index (χ1) is 26.0. The third kappa shape index (κ3) is 40.2. The van der Waals surface area contributed by atoms with Crippen LogP contribution in [-0.2, 0) is 32.7 Å². The smallest absolute Gasteiger partial charge is 0.306 e. The summed E-state index contributed by atoms with van der Waals surface area (Å²) >= 11 is 0. The van der Waals surface area contributed by atoms with Crippen molar-refractivity contribution >= 4 is 19.8 Å². The van der Waals surface area contributed by atoms with Crippen LogP contribution in [0, 0.1) is 0 Å². The van der Waals surface area contributed by atoms with E-state index in [1.165, 1.54) is 116 Å². The summed E-state index contributed by atoms with van der Waals surface area (Å²) in [5.41, 5.74) is 0. The van der Waals surface area contributed by atoms with E-state index in [4.69, 9.17) is 18.5 Å². The lowest BCUT2D eigenvalue weighted by Gasteiger charge is -2.28. The second kappa shape index (κ2) is 37.1. The van der Waals surface area contributed by atoms with E-state index >= 15 is 0 Å². The normalized spacial score (nSPS) is 13.8. The van der Waals surface area contributed by atoms with Crippen LogP contribution in [-0.4, -0.2) is 70.0 Å². The summed E-state index contributed by atoms with van der Waals surface area (Å²) in [6.45, 7) is 4.18. The van der Waals surface area contributed by atoms with Crippen LogP contribution in [0.3, 0.4) is 0 Å². The lowest BCUT2D eigenvalue weighted by Crippen LogP contribution is -2.37. The number of rotatable bonds is 40. The number of likely N-dealkylation sites (N-methyl/N-ethyl adjacent to an activating group) is 1. The van der Waals surface area contributed by atoms with Gasteiger partial charge in [0.2, 0.25) is 0 Å². The fourth-order valence-electron chi connectivity index (χ4n) is 5.96. The summed E-state index contributed by atoms with van der Waals surface area (Å²) in [7, 11) is 1.15. The van der Waals surface area contributed by atoms with Crippen LogP contribution in [0.15, 0.2) is 24.3 Å². The largest absolute Gasteiger partial charge is 0.756 e. The molecule has 0 rings (SSSR count). The number of esters is 2. The Labute approximate surface area is 332 Å². The lowest BCUT2D eigenvalue weighted by atomic mass is 10.1. The van der Waals surface area contributed by atoms with Gasteiger partial charge in [-0.05, 0) is 51.4 Å². The van der Waals surface area contributed by atoms with Crippen molar-refractivity contribution in [2.24, 2.45) is 0 Å². The number of carbonyl (C=O) groups excluding carboxylic acids is 2. The van der Waals surface area contributed by atoms with Gasteiger partial charge >= 0.3 is 11.9 Å². The minimum absolute atomic E-state index is 0.0359. The molecule has 10 heteroatoms. The van der Waals surface area contributed by atoms with Crippen molar-refractivity contribution in [1.29, 1.82) is 0 Å². The number of phosphoric ester groups is 1. The Morgan fingerprint density at radius 2 is 0.981 bits per heavy atom. The van der Waals surface area contributed by atoms with E-state index in [0.29, 0.717) is 17.4 Å². The molecule has 0 radical (unpaired) electrons. The molecule has 318 valence electrons. The van der Waals surface area contributed by atoms with E-state index in [1.807, 2.05) is 27.2 Å². The van der Waals surface area contributed by atoms with Crippen LogP contribution < -0.4 is 4.89 Å². The Morgan fingerprint density at radius 3 is 1.46 bits per heavy atom. The summed E-state index contributed by atoms with van der Waals surface area (Å²) in [6.07, 6.45) is 39.3. The number of ether oxygens (including phenoxy) is 2. The van der Waals surface area contributed by atoms with E-state index in [1.54, 1.807) is 0 Å². The Kier molecular flexibility index (Phi) is 36.1. The SMILES string of the molecule is CCCCCC/C=C/CCCCCCCCCC(=O)OC[C@H](COP(=O)([O-])OCC[N+](C)(C)C)OC(=O)CC/C=C/CCCCCCCCCCCCC. The zero-order valence-electron chi connectivity index (χ0n) is 35.7. The average molecular weight is 786 g/mol. The highest BCUT2D eigenvalue weighted by Crippen LogP contribution is 2.38. The molecule has 1 unspecified atom stereocenters. The van der Waals surface area contributed by atoms with Crippen LogP contribution in [0.1, 0.15) is 194 Å². The predicted octanol–water partition coefficient (Wildman–Crippen LogP) is 11.7. The molecule has 2 atom stereocenters. The van der Waals surface area contributed by atoms with Gasteiger partial charge in [-0.15, -0.1) is 0 Å². The lowest BCUT2D eigenvalue weighted by molar-refractivity contribution is -0.870. The molecule has 0 aliphatic rings. The molecule has 0 bridgehead atoms. The fraction of sp³-hybridized carbons (Fsp3) is 0.864. The maximum Gasteiger partial charge on any atom is 0.306 e. The second-order valence-electron chi connectivity index (χ2n) is 16.1. The summed E-state index contributed by atoms with van der Waals surface area (Å²) in [5.74, 6) is -0.892. The van der Waals surface area contributed by atoms with Gasteiger partial charge in [0, 0.05) is 12.8 Å². The van der Waals surface area contributed by atoms with Crippen LogP contribution in [0.2, 0.25) is 0 Å². The van der Waals surface area contributed by atoms with Crippen LogP contribution >= 0.6 is 7.82 Å². The number of unbranched alkanes of at least 4 members (excludes halogenated alkanes) is 22. The van der Waals surface area contributed by atoms with E-state index in [-0.39, 0.29) is 26.1 Å². The molecule has 0 amide bonds. The first-order valence-electron chi connectivity index (χ1n) is 22.0. The first kappa shape index (κ1) is 52.5. The number of hydrogen-bond acceptors (Lipinski definition) is 8. The van der Waals surface area contributed by atoms with E-state index in [9.17, 15) is 19.0 Å². The van der Waals surface area contributed by atoms with Gasteiger partial charge in [0.25, 0.3) is 7.82 Å². The number of quaternary nitrogens is 1. The van der Waals surface area contributed by atoms with Gasteiger partial charge in [0.05, 0.1) is 27.7 Å². The van der Waals surface area contributed by atoms with Crippen molar-refractivity contribution in [2.45, 2.75) is 200 Å². The highest BCUT2D eigenvalue weighted by atomic mass is 31.2. The topological polar surface area (TPSA) is 111 Å². The molecule has 0 aromatic rings. The summed E-state index contributed by atoms with van der Waals surface area (Å²) in [4.78, 5) is 37.5. The molecule has 0 N–H and O–H groups in total. The monoisotopic (exact) mass is 786 g/mol. The summed E-state index contributed by atoms with van der Waals surface area (Å²) in [5, 5.41) is 0. The Bertz CT molecular complexity index is 980. The predicted molar refractivity (Wildman–Crippen MR) is 222 cm³/mol. The van der Waals surface area contributed by atoms with Gasteiger partial charge in [-0.3, -0.25) is 14.2 Å². The van der Waals surface area contributed by atoms with E-state index in [0.717, 1.165) is 44.9 Å². The molecule has 0 spiro atoms. The van der Waals surface area contributed by atoms with Gasteiger partial charge in [0.15, 0.2) is 6.10 Å². The Hall–Kier alpha value is -1.51. The molecule has 0 heterocycles. The first-order valence-corrected chi connectivity index (χ1v) is 23.5. The number of allylic oxidation sites excluding steroid dienone is 4. The molecule has 9 nitrogen and oxygen atoms in total. The van der Waals surface area contributed by atoms with Crippen molar-refractivity contribution in [3.8, 4) is 0 Å². The number of carbonyl (C=O) groups is 2. The second-order valence-corrected chi connectivity index (χ2v) is 17.5. The molecule has 0 saturated heterocycles. The van der Waals surface area contributed by atoms with E-state index in [2.05, 4.69) is 32.1 Å². The molecule has 0 aromatic heterocycles. The van der Waals surface area contributed by atoms with Gasteiger partial charge in [-0.2, -0.15) is 0 Å². The quantitative estimate of drug-likeness (QED) is 0.0198. The molecule has 0 aromatic carbocycles. The fourth-order valence-corrected chi connectivity index (χ4v) is 6.69. The van der Waals surface area contributed by atoms with Gasteiger partial charge in [-0.25, -0.2) is 0 Å². The minimum atomic E-state index is -4.63. The van der Waals surface area contributed by atoms with Gasteiger partial charge < -0.3 is 27.9 Å². The number of phosphoric acid groups is 1. The summed E-state index contributed by atoms with van der Waals surface area (Å²) in [6, 6.07) is 0. The minimum Gasteiger partial charge on any atom is -0.756 e. The molecule has 0 saturated carbocycles. The molecule has 54 heavy (non-hydrogen) atoms. The third-order valence-corrected chi connectivity index (χ3v) is 10.4. The van der Waals surface area contributed by atoms with Crippen molar-refractivity contribution in [3.05, 3.63) is 24.3 Å².